The van der Waals surface area contributed by atoms with Gasteiger partial charge in [-0.1, -0.05) is 58.6 Å². The van der Waals surface area contributed by atoms with Crippen LogP contribution in [0.15, 0.2) is 24.3 Å². The fraction of sp³-hybridized carbons (Fsp3) is 0.714. The normalized spacial score (nSPS) is 24.9. The first kappa shape index (κ1) is 17.4. The molecular weight excluding hydrogens is 268 g/mol. The van der Waals surface area contributed by atoms with Gasteiger partial charge in [-0.15, -0.1) is 0 Å². The lowest BCUT2D eigenvalue weighted by atomic mass is 9.75. The standard InChI is InChI=1S/C21H34O/c1-16(5-9-19-10-14-21(22)15-11-19)4-8-18(3)20-12-6-17(2)7-13-20/h10-11,14-18,20,22H,4-9,12-13H2,1-3H3. The number of benzene rings is 1. The van der Waals surface area contributed by atoms with E-state index in [0.29, 0.717) is 5.75 Å². The summed E-state index contributed by atoms with van der Waals surface area (Å²) in [5.74, 6) is 4.03. The lowest BCUT2D eigenvalue weighted by Crippen LogP contribution is -2.19. The van der Waals surface area contributed by atoms with Crippen molar-refractivity contribution >= 4 is 0 Å². The van der Waals surface area contributed by atoms with Gasteiger partial charge in [0.2, 0.25) is 0 Å². The average Bonchev–Trinajstić information content (AvgIpc) is 2.52. The van der Waals surface area contributed by atoms with Crippen molar-refractivity contribution < 1.29 is 5.11 Å². The molecule has 0 bridgehead atoms. The van der Waals surface area contributed by atoms with E-state index in [1.165, 1.54) is 50.5 Å². The lowest BCUT2D eigenvalue weighted by Gasteiger charge is -2.31. The fourth-order valence-electron chi connectivity index (χ4n) is 3.86. The van der Waals surface area contributed by atoms with Crippen molar-refractivity contribution in [2.24, 2.45) is 23.7 Å². The van der Waals surface area contributed by atoms with Crippen LogP contribution in [-0.2, 0) is 6.42 Å². The Morgan fingerprint density at radius 1 is 0.955 bits per heavy atom. The zero-order valence-electron chi connectivity index (χ0n) is 14.7. The van der Waals surface area contributed by atoms with E-state index in [1.54, 1.807) is 12.1 Å². The van der Waals surface area contributed by atoms with E-state index >= 15 is 0 Å². The van der Waals surface area contributed by atoms with Crippen molar-refractivity contribution in [2.75, 3.05) is 0 Å². The van der Waals surface area contributed by atoms with E-state index in [2.05, 4.69) is 20.8 Å². The molecule has 0 radical (unpaired) electrons. The lowest BCUT2D eigenvalue weighted by molar-refractivity contribution is 0.207. The second-order valence-electron chi connectivity index (χ2n) is 7.88. The van der Waals surface area contributed by atoms with Crippen LogP contribution >= 0.6 is 0 Å². The van der Waals surface area contributed by atoms with E-state index in [0.717, 1.165) is 30.1 Å². The van der Waals surface area contributed by atoms with Gasteiger partial charge in [-0.2, -0.15) is 0 Å². The van der Waals surface area contributed by atoms with Crippen molar-refractivity contribution in [3.8, 4) is 5.75 Å². The maximum absolute atomic E-state index is 9.32. The number of hydrogen-bond acceptors (Lipinski definition) is 1. The maximum Gasteiger partial charge on any atom is 0.115 e. The highest BCUT2D eigenvalue weighted by Crippen LogP contribution is 2.35. The van der Waals surface area contributed by atoms with Crippen LogP contribution in [-0.4, -0.2) is 5.11 Å². The average molecular weight is 303 g/mol. The van der Waals surface area contributed by atoms with Crippen molar-refractivity contribution in [1.29, 1.82) is 0 Å². The summed E-state index contributed by atoms with van der Waals surface area (Å²) >= 11 is 0. The van der Waals surface area contributed by atoms with Gasteiger partial charge in [0, 0.05) is 0 Å². The Morgan fingerprint density at radius 3 is 2.23 bits per heavy atom. The van der Waals surface area contributed by atoms with Gasteiger partial charge in [-0.05, 0) is 67.1 Å². The molecule has 1 aromatic carbocycles. The molecule has 124 valence electrons. The fourth-order valence-corrected chi connectivity index (χ4v) is 3.86. The van der Waals surface area contributed by atoms with Crippen LogP contribution in [0.5, 0.6) is 5.75 Å². The summed E-state index contributed by atoms with van der Waals surface area (Å²) in [5.41, 5.74) is 1.35. The van der Waals surface area contributed by atoms with Crippen LogP contribution in [0.2, 0.25) is 0 Å². The number of hydrogen-bond donors (Lipinski definition) is 1. The largest absolute Gasteiger partial charge is 0.508 e. The van der Waals surface area contributed by atoms with Crippen LogP contribution < -0.4 is 0 Å². The minimum atomic E-state index is 0.368. The van der Waals surface area contributed by atoms with Crippen molar-refractivity contribution in [1.82, 2.24) is 0 Å². The van der Waals surface area contributed by atoms with Crippen LogP contribution in [0.4, 0.5) is 0 Å². The third-order valence-corrected chi connectivity index (χ3v) is 5.84. The van der Waals surface area contributed by atoms with Gasteiger partial charge in [0.15, 0.2) is 0 Å². The molecular formula is C21H34O. The SMILES string of the molecule is CC(CCc1ccc(O)cc1)CCC(C)C1CCC(C)CC1. The molecule has 1 N–H and O–H groups in total. The Balaban J connectivity index is 1.64. The molecule has 1 aromatic rings. The smallest absolute Gasteiger partial charge is 0.115 e. The second-order valence-corrected chi connectivity index (χ2v) is 7.88. The molecule has 2 atom stereocenters. The number of phenols is 1. The number of rotatable bonds is 7. The zero-order valence-corrected chi connectivity index (χ0v) is 14.7. The third-order valence-electron chi connectivity index (χ3n) is 5.84. The van der Waals surface area contributed by atoms with Crippen LogP contribution in [0, 0.1) is 23.7 Å². The van der Waals surface area contributed by atoms with Gasteiger partial charge in [-0.25, -0.2) is 0 Å². The Morgan fingerprint density at radius 2 is 1.59 bits per heavy atom. The molecule has 0 saturated heterocycles. The molecule has 1 nitrogen and oxygen atoms in total. The molecule has 0 amide bonds. The predicted octanol–water partition coefficient (Wildman–Crippen LogP) is 6.20. The van der Waals surface area contributed by atoms with Crippen LogP contribution in [0.1, 0.15) is 71.3 Å². The monoisotopic (exact) mass is 302 g/mol. The third kappa shape index (κ3) is 5.66. The number of aryl methyl sites for hydroxylation is 1. The number of aromatic hydroxyl groups is 1. The van der Waals surface area contributed by atoms with Gasteiger partial charge in [0.25, 0.3) is 0 Å². The van der Waals surface area contributed by atoms with Gasteiger partial charge in [0.05, 0.1) is 0 Å². The molecule has 1 saturated carbocycles. The molecule has 2 unspecified atom stereocenters. The molecule has 1 aliphatic carbocycles. The summed E-state index contributed by atoms with van der Waals surface area (Å²) in [6.07, 6.45) is 11.0. The summed E-state index contributed by atoms with van der Waals surface area (Å²) in [4.78, 5) is 0. The van der Waals surface area contributed by atoms with E-state index in [-0.39, 0.29) is 0 Å². The molecule has 1 heteroatoms. The first-order valence-corrected chi connectivity index (χ1v) is 9.32. The van der Waals surface area contributed by atoms with Crippen LogP contribution in [0.25, 0.3) is 0 Å². The van der Waals surface area contributed by atoms with E-state index in [1.807, 2.05) is 12.1 Å². The first-order chi connectivity index (χ1) is 10.5. The topological polar surface area (TPSA) is 20.2 Å². The first-order valence-electron chi connectivity index (χ1n) is 9.32. The highest BCUT2D eigenvalue weighted by atomic mass is 16.3. The van der Waals surface area contributed by atoms with E-state index in [4.69, 9.17) is 0 Å². The molecule has 0 aromatic heterocycles. The Hall–Kier alpha value is -0.980. The van der Waals surface area contributed by atoms with Gasteiger partial charge < -0.3 is 5.11 Å². The Kier molecular flexibility index (Phi) is 6.79. The summed E-state index contributed by atoms with van der Waals surface area (Å²) in [6, 6.07) is 7.69. The Bertz CT molecular complexity index is 414. The summed E-state index contributed by atoms with van der Waals surface area (Å²) in [5, 5.41) is 9.32. The van der Waals surface area contributed by atoms with Crippen molar-refractivity contribution in [3.63, 3.8) is 0 Å². The molecule has 22 heavy (non-hydrogen) atoms. The van der Waals surface area contributed by atoms with E-state index < -0.39 is 0 Å². The van der Waals surface area contributed by atoms with Gasteiger partial charge in [-0.3, -0.25) is 0 Å². The minimum Gasteiger partial charge on any atom is -0.508 e. The molecule has 0 aliphatic heterocycles. The van der Waals surface area contributed by atoms with Crippen molar-refractivity contribution in [3.05, 3.63) is 29.8 Å². The molecule has 0 spiro atoms. The molecule has 1 fully saturated rings. The van der Waals surface area contributed by atoms with E-state index in [9.17, 15) is 5.11 Å². The minimum absolute atomic E-state index is 0.368. The Labute approximate surface area is 137 Å². The summed E-state index contributed by atoms with van der Waals surface area (Å²) in [6.45, 7) is 7.29. The zero-order chi connectivity index (χ0) is 15.9. The second kappa shape index (κ2) is 8.60. The molecule has 1 aliphatic rings. The predicted molar refractivity (Wildman–Crippen MR) is 95.1 cm³/mol. The van der Waals surface area contributed by atoms with Crippen LogP contribution in [0.3, 0.4) is 0 Å². The maximum atomic E-state index is 9.32. The summed E-state index contributed by atoms with van der Waals surface area (Å²) < 4.78 is 0. The highest BCUT2D eigenvalue weighted by molar-refractivity contribution is 5.25. The molecule has 2 rings (SSSR count). The molecule has 0 heterocycles. The van der Waals surface area contributed by atoms with Gasteiger partial charge >= 0.3 is 0 Å². The van der Waals surface area contributed by atoms with Gasteiger partial charge in [0.1, 0.15) is 5.75 Å². The highest BCUT2D eigenvalue weighted by Gasteiger charge is 2.23. The number of phenolic OH excluding ortho intramolecular Hbond substituents is 1. The van der Waals surface area contributed by atoms with Crippen molar-refractivity contribution in [2.45, 2.75) is 72.1 Å². The quantitative estimate of drug-likeness (QED) is 0.635. The summed E-state index contributed by atoms with van der Waals surface area (Å²) in [7, 11) is 0.